The quantitative estimate of drug-likeness (QED) is 0.780. The molecule has 1 aromatic rings. The number of fused-ring (bicyclic) bond motifs is 2. The highest BCUT2D eigenvalue weighted by molar-refractivity contribution is 6.33. The number of halogens is 1. The summed E-state index contributed by atoms with van der Waals surface area (Å²) in [7, 11) is 0. The van der Waals surface area contributed by atoms with Gasteiger partial charge in [0.25, 0.3) is 5.56 Å². The smallest absolute Gasteiger partial charge is 0.285 e. The van der Waals surface area contributed by atoms with E-state index in [1.165, 1.54) is 0 Å². The Balaban J connectivity index is 2.00. The van der Waals surface area contributed by atoms with Gasteiger partial charge in [-0.25, -0.2) is 5.10 Å². The van der Waals surface area contributed by atoms with Crippen LogP contribution in [0, 0.1) is 0 Å². The van der Waals surface area contributed by atoms with Gasteiger partial charge >= 0.3 is 0 Å². The predicted molar refractivity (Wildman–Crippen MR) is 66.4 cm³/mol. The molecule has 2 aliphatic heterocycles. The molecule has 92 valence electrons. The van der Waals surface area contributed by atoms with Crippen LogP contribution in [-0.4, -0.2) is 28.3 Å². The number of hydrogen-bond donors (Lipinski definition) is 2. The van der Waals surface area contributed by atoms with Gasteiger partial charge in [0.05, 0.1) is 11.9 Å². The molecule has 2 saturated heterocycles. The highest BCUT2D eigenvalue weighted by Crippen LogP contribution is 2.40. The van der Waals surface area contributed by atoms with Crippen LogP contribution in [0.4, 0.5) is 5.69 Å². The van der Waals surface area contributed by atoms with Crippen molar-refractivity contribution in [3.63, 3.8) is 0 Å². The Morgan fingerprint density at radius 2 is 2.06 bits per heavy atom. The highest BCUT2D eigenvalue weighted by Gasteiger charge is 2.40. The van der Waals surface area contributed by atoms with E-state index in [9.17, 15) is 4.79 Å². The van der Waals surface area contributed by atoms with Gasteiger partial charge in [0, 0.05) is 18.1 Å². The number of nitrogens with two attached hydrogens (primary N) is 1. The van der Waals surface area contributed by atoms with Gasteiger partial charge in [-0.15, -0.1) is 0 Å². The van der Waals surface area contributed by atoms with Gasteiger partial charge in [0.2, 0.25) is 0 Å². The molecule has 17 heavy (non-hydrogen) atoms. The summed E-state index contributed by atoms with van der Waals surface area (Å²) in [4.78, 5) is 13.7. The van der Waals surface area contributed by atoms with E-state index in [2.05, 4.69) is 15.1 Å². The topological polar surface area (TPSA) is 75.0 Å². The lowest BCUT2D eigenvalue weighted by atomic mass is 9.98. The standard InChI is InChI=1S/C11H15ClN4O/c12-10-9(5-14-15-11(10)17)16-7-1-2-8(16)4-6(13)3-7/h5-8H,1-4,13H2,(H,15,17). The number of nitrogens with one attached hydrogen (secondary N) is 1. The van der Waals surface area contributed by atoms with Crippen LogP contribution in [0.1, 0.15) is 25.7 Å². The van der Waals surface area contributed by atoms with E-state index < -0.39 is 0 Å². The summed E-state index contributed by atoms with van der Waals surface area (Å²) in [6.07, 6.45) is 5.84. The van der Waals surface area contributed by atoms with E-state index in [4.69, 9.17) is 17.3 Å². The first-order valence-electron chi connectivity index (χ1n) is 5.94. The molecule has 2 atom stereocenters. The monoisotopic (exact) mass is 254 g/mol. The third-order valence-electron chi connectivity index (χ3n) is 3.82. The van der Waals surface area contributed by atoms with Gasteiger partial charge in [-0.3, -0.25) is 4.79 Å². The normalized spacial score (nSPS) is 31.9. The van der Waals surface area contributed by atoms with Crippen molar-refractivity contribution in [1.29, 1.82) is 0 Å². The largest absolute Gasteiger partial charge is 0.363 e. The number of anilines is 1. The Hall–Kier alpha value is -1.07. The summed E-state index contributed by atoms with van der Waals surface area (Å²) < 4.78 is 0. The molecule has 2 fully saturated rings. The molecule has 6 heteroatoms. The van der Waals surface area contributed by atoms with Crippen LogP contribution in [0.3, 0.4) is 0 Å². The summed E-state index contributed by atoms with van der Waals surface area (Å²) in [5.74, 6) is 0. The molecule has 3 heterocycles. The minimum atomic E-state index is -0.321. The summed E-state index contributed by atoms with van der Waals surface area (Å²) >= 11 is 6.06. The molecule has 0 amide bonds. The molecular weight excluding hydrogens is 240 g/mol. The van der Waals surface area contributed by atoms with E-state index >= 15 is 0 Å². The summed E-state index contributed by atoms with van der Waals surface area (Å²) in [5.41, 5.74) is 6.46. The molecule has 5 nitrogen and oxygen atoms in total. The Bertz CT molecular complexity index is 475. The summed E-state index contributed by atoms with van der Waals surface area (Å²) in [6.45, 7) is 0. The Morgan fingerprint density at radius 1 is 1.41 bits per heavy atom. The lowest BCUT2D eigenvalue weighted by Gasteiger charge is -2.39. The second-order valence-corrected chi connectivity index (χ2v) is 5.30. The Kier molecular flexibility index (Phi) is 2.60. The molecule has 0 aromatic carbocycles. The van der Waals surface area contributed by atoms with E-state index in [-0.39, 0.29) is 16.6 Å². The Morgan fingerprint density at radius 3 is 2.71 bits per heavy atom. The predicted octanol–water partition coefficient (Wildman–Crippen LogP) is 0.882. The first-order chi connectivity index (χ1) is 8.16. The number of rotatable bonds is 1. The molecule has 3 N–H and O–H groups in total. The van der Waals surface area contributed by atoms with Crippen molar-refractivity contribution in [2.75, 3.05) is 4.90 Å². The first-order valence-corrected chi connectivity index (χ1v) is 6.31. The molecule has 0 aliphatic carbocycles. The average Bonchev–Trinajstić information content (AvgIpc) is 2.55. The summed E-state index contributed by atoms with van der Waals surface area (Å²) in [6, 6.07) is 1.09. The molecule has 0 saturated carbocycles. The van der Waals surface area contributed by atoms with Crippen LogP contribution < -0.4 is 16.2 Å². The number of piperidine rings is 1. The zero-order chi connectivity index (χ0) is 12.0. The van der Waals surface area contributed by atoms with Crippen LogP contribution in [0.25, 0.3) is 0 Å². The second kappa shape index (κ2) is 3.99. The maximum Gasteiger partial charge on any atom is 0.285 e. The Labute approximate surface area is 104 Å². The van der Waals surface area contributed by atoms with Crippen LogP contribution >= 0.6 is 11.6 Å². The lowest BCUT2D eigenvalue weighted by molar-refractivity contribution is 0.414. The zero-order valence-electron chi connectivity index (χ0n) is 9.40. The molecule has 2 aliphatic rings. The third kappa shape index (κ3) is 1.73. The van der Waals surface area contributed by atoms with Gasteiger partial charge in [0.15, 0.2) is 0 Å². The van der Waals surface area contributed by atoms with E-state index in [1.807, 2.05) is 0 Å². The number of aromatic nitrogens is 2. The fraction of sp³-hybridized carbons (Fsp3) is 0.636. The second-order valence-electron chi connectivity index (χ2n) is 4.92. The molecule has 0 radical (unpaired) electrons. The van der Waals surface area contributed by atoms with Gasteiger partial charge in [-0.2, -0.15) is 5.10 Å². The van der Waals surface area contributed by atoms with E-state index in [0.717, 1.165) is 31.4 Å². The number of hydrogen-bond acceptors (Lipinski definition) is 4. The average molecular weight is 255 g/mol. The highest BCUT2D eigenvalue weighted by atomic mass is 35.5. The fourth-order valence-corrected chi connectivity index (χ4v) is 3.36. The van der Waals surface area contributed by atoms with Crippen molar-refractivity contribution in [3.05, 3.63) is 21.6 Å². The van der Waals surface area contributed by atoms with Crippen molar-refractivity contribution in [2.45, 2.75) is 43.8 Å². The van der Waals surface area contributed by atoms with Gasteiger partial charge < -0.3 is 10.6 Å². The van der Waals surface area contributed by atoms with Crippen LogP contribution in [-0.2, 0) is 0 Å². The maximum absolute atomic E-state index is 11.5. The molecule has 3 rings (SSSR count). The minimum absolute atomic E-state index is 0.243. The van der Waals surface area contributed by atoms with Crippen LogP contribution in [0.2, 0.25) is 5.02 Å². The SMILES string of the molecule is NC1CC2CCC(C1)N2c1cn[nH]c(=O)c1Cl. The van der Waals surface area contributed by atoms with Crippen molar-refractivity contribution in [2.24, 2.45) is 5.73 Å². The maximum atomic E-state index is 11.5. The fourth-order valence-electron chi connectivity index (χ4n) is 3.17. The number of aromatic amines is 1. The van der Waals surface area contributed by atoms with Crippen molar-refractivity contribution < 1.29 is 0 Å². The number of H-pyrrole nitrogens is 1. The van der Waals surface area contributed by atoms with E-state index in [1.54, 1.807) is 6.20 Å². The lowest BCUT2D eigenvalue weighted by Crippen LogP contribution is -2.48. The molecule has 2 bridgehead atoms. The summed E-state index contributed by atoms with van der Waals surface area (Å²) in [5, 5.41) is 6.43. The molecule has 0 spiro atoms. The molecule has 1 aromatic heterocycles. The van der Waals surface area contributed by atoms with Gasteiger partial charge in [-0.1, -0.05) is 11.6 Å². The van der Waals surface area contributed by atoms with Gasteiger partial charge in [-0.05, 0) is 25.7 Å². The zero-order valence-corrected chi connectivity index (χ0v) is 10.2. The van der Waals surface area contributed by atoms with Gasteiger partial charge in [0.1, 0.15) is 5.02 Å². The van der Waals surface area contributed by atoms with Crippen LogP contribution in [0.15, 0.2) is 11.0 Å². The van der Waals surface area contributed by atoms with Crippen molar-refractivity contribution >= 4 is 17.3 Å². The van der Waals surface area contributed by atoms with Crippen molar-refractivity contribution in [1.82, 2.24) is 10.2 Å². The minimum Gasteiger partial charge on any atom is -0.363 e. The van der Waals surface area contributed by atoms with E-state index in [0.29, 0.717) is 12.1 Å². The van der Waals surface area contributed by atoms with Crippen molar-refractivity contribution in [3.8, 4) is 0 Å². The number of nitrogens with zero attached hydrogens (tertiary/aromatic N) is 2. The van der Waals surface area contributed by atoms with Crippen LogP contribution in [0.5, 0.6) is 0 Å². The first kappa shape index (κ1) is 11.0. The molecule has 2 unspecified atom stereocenters. The third-order valence-corrected chi connectivity index (χ3v) is 4.19. The molecular formula is C11H15ClN4O.